The van der Waals surface area contributed by atoms with Crippen LogP contribution in [0.15, 0.2) is 18.2 Å². The van der Waals surface area contributed by atoms with Crippen molar-refractivity contribution in [3.05, 3.63) is 29.3 Å². The Morgan fingerprint density at radius 1 is 1.50 bits per heavy atom. The number of hydrogen-bond acceptors (Lipinski definition) is 2. The van der Waals surface area contributed by atoms with Crippen molar-refractivity contribution < 1.29 is 14.7 Å². The minimum absolute atomic E-state index is 0.000268. The molecule has 1 aromatic rings. The fraction of sp³-hybridized carbons (Fsp3) is 0.167. The molecule has 0 unspecified atom stereocenters. The Morgan fingerprint density at radius 2 is 2.19 bits per heavy atom. The number of carbonyl (C=O) groups is 2. The van der Waals surface area contributed by atoms with E-state index in [4.69, 9.17) is 11.5 Å². The number of hydrogen-bond donors (Lipinski definition) is 2. The molecule has 0 fully saturated rings. The highest BCUT2D eigenvalue weighted by Crippen LogP contribution is 2.15. The van der Waals surface area contributed by atoms with Crippen LogP contribution in [0.25, 0.3) is 0 Å². The predicted molar refractivity (Wildman–Crippen MR) is 60.2 cm³/mol. The average molecular weight is 217 g/mol. The van der Waals surface area contributed by atoms with Gasteiger partial charge in [0.15, 0.2) is 0 Å². The first kappa shape index (κ1) is 11.8. The van der Waals surface area contributed by atoms with Crippen LogP contribution >= 0.6 is 0 Å². The first-order valence-corrected chi connectivity index (χ1v) is 4.62. The second kappa shape index (κ2) is 4.99. The molecule has 0 bridgehead atoms. The largest absolute Gasteiger partial charge is 0.478 e. The topological polar surface area (TPSA) is 66.4 Å². The summed E-state index contributed by atoms with van der Waals surface area (Å²) in [6, 6.07) is 4.58. The molecule has 16 heavy (non-hydrogen) atoms. The Hall–Kier alpha value is -2.28. The number of aryl methyl sites for hydroxylation is 1. The number of rotatable bonds is 3. The lowest BCUT2D eigenvalue weighted by molar-refractivity contribution is -0.115. The van der Waals surface area contributed by atoms with Gasteiger partial charge in [-0.15, -0.1) is 6.42 Å². The lowest BCUT2D eigenvalue weighted by Gasteiger charge is -2.06. The average Bonchev–Trinajstić information content (AvgIpc) is 2.17. The van der Waals surface area contributed by atoms with Gasteiger partial charge < -0.3 is 10.4 Å². The quantitative estimate of drug-likeness (QED) is 0.756. The molecule has 0 saturated carbocycles. The maximum absolute atomic E-state index is 11.2. The van der Waals surface area contributed by atoms with Gasteiger partial charge >= 0.3 is 5.97 Å². The number of anilines is 1. The van der Waals surface area contributed by atoms with Gasteiger partial charge in [-0.25, -0.2) is 4.79 Å². The number of amides is 1. The molecular weight excluding hydrogens is 206 g/mol. The number of carboxylic acids is 1. The SMILES string of the molecule is C#CCC(=O)Nc1ccc(C(=O)O)c(C)c1. The first-order valence-electron chi connectivity index (χ1n) is 4.62. The van der Waals surface area contributed by atoms with Gasteiger partial charge in [0.1, 0.15) is 0 Å². The van der Waals surface area contributed by atoms with E-state index in [1.807, 2.05) is 0 Å². The first-order chi connectivity index (χ1) is 7.54. The number of benzene rings is 1. The third kappa shape index (κ3) is 2.85. The van der Waals surface area contributed by atoms with E-state index in [1.54, 1.807) is 13.0 Å². The smallest absolute Gasteiger partial charge is 0.335 e. The van der Waals surface area contributed by atoms with Gasteiger partial charge in [-0.3, -0.25) is 4.79 Å². The maximum atomic E-state index is 11.2. The van der Waals surface area contributed by atoms with Crippen LogP contribution in [0.3, 0.4) is 0 Å². The Bertz CT molecular complexity index is 472. The summed E-state index contributed by atoms with van der Waals surface area (Å²) in [7, 11) is 0. The minimum Gasteiger partial charge on any atom is -0.478 e. The predicted octanol–water partition coefficient (Wildman–Crippen LogP) is 1.66. The van der Waals surface area contributed by atoms with Gasteiger partial charge in [-0.1, -0.05) is 5.92 Å². The molecule has 0 heterocycles. The highest BCUT2D eigenvalue weighted by Gasteiger charge is 2.08. The fourth-order valence-corrected chi connectivity index (χ4v) is 1.28. The molecule has 1 rings (SSSR count). The molecule has 0 aliphatic carbocycles. The maximum Gasteiger partial charge on any atom is 0.335 e. The van der Waals surface area contributed by atoms with Gasteiger partial charge in [-0.05, 0) is 30.7 Å². The van der Waals surface area contributed by atoms with E-state index in [9.17, 15) is 9.59 Å². The van der Waals surface area contributed by atoms with Crippen LogP contribution in [-0.2, 0) is 4.79 Å². The van der Waals surface area contributed by atoms with Crippen LogP contribution in [0.2, 0.25) is 0 Å². The van der Waals surface area contributed by atoms with Crippen molar-refractivity contribution in [3.8, 4) is 12.3 Å². The molecule has 1 aromatic carbocycles. The summed E-state index contributed by atoms with van der Waals surface area (Å²) in [5, 5.41) is 11.4. The molecule has 0 saturated heterocycles. The molecule has 0 aromatic heterocycles. The Balaban J connectivity index is 2.86. The van der Waals surface area contributed by atoms with Crippen LogP contribution in [0.1, 0.15) is 22.3 Å². The Kier molecular flexibility index (Phi) is 3.67. The summed E-state index contributed by atoms with van der Waals surface area (Å²) in [6.45, 7) is 1.67. The normalized spacial score (nSPS) is 9.25. The molecule has 4 nitrogen and oxygen atoms in total. The summed E-state index contributed by atoms with van der Waals surface area (Å²) in [5.74, 6) is 0.952. The molecule has 0 radical (unpaired) electrons. The minimum atomic E-state index is -0.987. The molecule has 2 N–H and O–H groups in total. The van der Waals surface area contributed by atoms with Crippen molar-refractivity contribution in [2.75, 3.05) is 5.32 Å². The van der Waals surface area contributed by atoms with Crippen LogP contribution in [0.5, 0.6) is 0 Å². The van der Waals surface area contributed by atoms with E-state index in [0.717, 1.165) is 0 Å². The number of aromatic carboxylic acids is 1. The Labute approximate surface area is 93.3 Å². The molecule has 1 amide bonds. The fourth-order valence-electron chi connectivity index (χ4n) is 1.28. The third-order valence-electron chi connectivity index (χ3n) is 2.00. The van der Waals surface area contributed by atoms with E-state index in [-0.39, 0.29) is 17.9 Å². The van der Waals surface area contributed by atoms with Crippen molar-refractivity contribution >= 4 is 17.6 Å². The van der Waals surface area contributed by atoms with Crippen LogP contribution < -0.4 is 5.32 Å². The van der Waals surface area contributed by atoms with E-state index in [1.165, 1.54) is 12.1 Å². The van der Waals surface area contributed by atoms with Crippen LogP contribution in [0, 0.1) is 19.3 Å². The van der Waals surface area contributed by atoms with Gasteiger partial charge in [0.05, 0.1) is 12.0 Å². The second-order valence-corrected chi connectivity index (χ2v) is 3.26. The molecule has 0 aliphatic heterocycles. The number of carboxylic acid groups (broad SMARTS) is 1. The zero-order chi connectivity index (χ0) is 12.1. The van der Waals surface area contributed by atoms with Gasteiger partial charge in [0.2, 0.25) is 5.91 Å². The van der Waals surface area contributed by atoms with Crippen LogP contribution in [0.4, 0.5) is 5.69 Å². The number of terminal acetylenes is 1. The van der Waals surface area contributed by atoms with Gasteiger partial charge in [0.25, 0.3) is 0 Å². The van der Waals surface area contributed by atoms with E-state index >= 15 is 0 Å². The second-order valence-electron chi connectivity index (χ2n) is 3.26. The Morgan fingerprint density at radius 3 is 2.69 bits per heavy atom. The highest BCUT2D eigenvalue weighted by molar-refractivity contribution is 5.94. The van der Waals surface area contributed by atoms with Crippen molar-refractivity contribution in [3.63, 3.8) is 0 Å². The van der Waals surface area contributed by atoms with Crippen molar-refractivity contribution in [2.24, 2.45) is 0 Å². The number of nitrogens with one attached hydrogen (secondary N) is 1. The van der Waals surface area contributed by atoms with E-state index < -0.39 is 5.97 Å². The van der Waals surface area contributed by atoms with Gasteiger partial charge in [-0.2, -0.15) is 0 Å². The highest BCUT2D eigenvalue weighted by atomic mass is 16.4. The molecular formula is C12H11NO3. The lowest BCUT2D eigenvalue weighted by Crippen LogP contribution is -2.10. The molecule has 0 aliphatic rings. The van der Waals surface area contributed by atoms with Crippen LogP contribution in [-0.4, -0.2) is 17.0 Å². The summed E-state index contributed by atoms with van der Waals surface area (Å²) >= 11 is 0. The van der Waals surface area contributed by atoms with Crippen molar-refractivity contribution in [1.82, 2.24) is 0 Å². The monoisotopic (exact) mass is 217 g/mol. The number of carbonyl (C=O) groups excluding carboxylic acids is 1. The summed E-state index contributed by atoms with van der Waals surface area (Å²) in [6.07, 6.45) is 4.99. The van der Waals surface area contributed by atoms with Gasteiger partial charge in [0, 0.05) is 5.69 Å². The van der Waals surface area contributed by atoms with Crippen molar-refractivity contribution in [2.45, 2.75) is 13.3 Å². The standard InChI is InChI=1S/C12H11NO3/c1-3-4-11(14)13-9-5-6-10(12(15)16)8(2)7-9/h1,5-7H,4H2,2H3,(H,13,14)(H,15,16). The lowest BCUT2D eigenvalue weighted by atomic mass is 10.1. The van der Waals surface area contributed by atoms with E-state index in [0.29, 0.717) is 11.3 Å². The summed E-state index contributed by atoms with van der Waals surface area (Å²) in [5.41, 5.74) is 1.35. The molecule has 0 spiro atoms. The summed E-state index contributed by atoms with van der Waals surface area (Å²) < 4.78 is 0. The zero-order valence-corrected chi connectivity index (χ0v) is 8.78. The van der Waals surface area contributed by atoms with E-state index in [2.05, 4.69) is 11.2 Å². The molecule has 0 atom stereocenters. The zero-order valence-electron chi connectivity index (χ0n) is 8.78. The summed E-state index contributed by atoms with van der Waals surface area (Å²) in [4.78, 5) is 21.9. The third-order valence-corrected chi connectivity index (χ3v) is 2.00. The molecule has 4 heteroatoms. The van der Waals surface area contributed by atoms with Crippen molar-refractivity contribution in [1.29, 1.82) is 0 Å². The molecule has 82 valence electrons.